The van der Waals surface area contributed by atoms with Crippen molar-refractivity contribution >= 4 is 11.7 Å². The number of methoxy groups -OCH3 is 1. The van der Waals surface area contributed by atoms with Gasteiger partial charge in [-0.3, -0.25) is 4.90 Å². The first-order valence-electron chi connectivity index (χ1n) is 9.29. The number of urea groups is 1. The van der Waals surface area contributed by atoms with Crippen molar-refractivity contribution in [3.63, 3.8) is 0 Å². The van der Waals surface area contributed by atoms with Gasteiger partial charge in [0.1, 0.15) is 11.5 Å². The Morgan fingerprint density at radius 1 is 1.11 bits per heavy atom. The number of fused-ring (bicyclic) bond motifs is 1. The zero-order chi connectivity index (χ0) is 18.6. The van der Waals surface area contributed by atoms with E-state index in [1.165, 1.54) is 19.4 Å². The molecule has 4 rings (SSSR count). The Balaban J connectivity index is 1.32. The Kier molecular flexibility index (Phi) is 5.11. The molecule has 2 aliphatic rings. The average Bonchev–Trinajstić information content (AvgIpc) is 3.18. The van der Waals surface area contributed by atoms with Crippen LogP contribution in [0.2, 0.25) is 0 Å². The van der Waals surface area contributed by atoms with E-state index >= 15 is 0 Å². The molecule has 0 aliphatic carbocycles. The Bertz CT molecular complexity index is 779. The lowest BCUT2D eigenvalue weighted by atomic mass is 10.2. The zero-order valence-electron chi connectivity index (χ0n) is 15.4. The van der Waals surface area contributed by atoms with E-state index in [2.05, 4.69) is 15.2 Å². The number of amides is 2. The molecular formula is C20H24N4O3. The summed E-state index contributed by atoms with van der Waals surface area (Å²) in [6, 6.07) is 11.3. The number of carbonyl (C=O) groups is 1. The number of piperazine rings is 1. The van der Waals surface area contributed by atoms with Gasteiger partial charge in [-0.15, -0.1) is 0 Å². The summed E-state index contributed by atoms with van der Waals surface area (Å²) in [7, 11) is 1.62. The van der Waals surface area contributed by atoms with Gasteiger partial charge < -0.3 is 19.7 Å². The minimum atomic E-state index is -0.0628. The summed E-state index contributed by atoms with van der Waals surface area (Å²) in [5.41, 5.74) is 0.663. The van der Waals surface area contributed by atoms with Crippen LogP contribution < -0.4 is 14.8 Å². The third-order valence-corrected chi connectivity index (χ3v) is 5.14. The lowest BCUT2D eigenvalue weighted by molar-refractivity contribution is 0.124. The van der Waals surface area contributed by atoms with Gasteiger partial charge in [-0.2, -0.15) is 0 Å². The highest BCUT2D eigenvalue weighted by molar-refractivity contribution is 5.89. The molecule has 1 atom stereocenters. The Hall–Kier alpha value is -2.80. The summed E-state index contributed by atoms with van der Waals surface area (Å²) >= 11 is 0. The highest BCUT2D eigenvalue weighted by Gasteiger charge is 2.32. The largest absolute Gasteiger partial charge is 0.497 e. The molecule has 0 saturated carbocycles. The minimum absolute atomic E-state index is 0.0628. The third kappa shape index (κ3) is 4.14. The molecule has 0 bridgehead atoms. The lowest BCUT2D eigenvalue weighted by Crippen LogP contribution is -2.53. The number of nitrogens with zero attached hydrogens (tertiary/aromatic N) is 3. The number of hydrogen-bond acceptors (Lipinski definition) is 5. The van der Waals surface area contributed by atoms with E-state index < -0.39 is 0 Å². The number of nitrogens with one attached hydrogen (secondary N) is 1. The summed E-state index contributed by atoms with van der Waals surface area (Å²) in [5, 5.41) is 2.93. The SMILES string of the molecule is COc1ccc(Oc2ccc(NC(=O)N3CCN4CCCC4C3)cn2)cc1. The molecule has 3 heterocycles. The van der Waals surface area contributed by atoms with Crippen LogP contribution in [0.3, 0.4) is 0 Å². The standard InChI is InChI=1S/C20H24N4O3/c1-26-17-5-7-18(8-6-17)27-19-9-4-15(13-21-19)22-20(25)24-12-11-23-10-2-3-16(23)14-24/h4-9,13,16H,2-3,10-12,14H2,1H3,(H,22,25). The maximum atomic E-state index is 12.5. The number of benzene rings is 1. The maximum absolute atomic E-state index is 12.5. The predicted octanol–water partition coefficient (Wildman–Crippen LogP) is 3.19. The molecule has 2 saturated heterocycles. The molecule has 2 aliphatic heterocycles. The summed E-state index contributed by atoms with van der Waals surface area (Å²) in [6.07, 6.45) is 4.03. The molecule has 7 nitrogen and oxygen atoms in total. The van der Waals surface area contributed by atoms with Crippen LogP contribution in [0.25, 0.3) is 0 Å². The molecule has 142 valence electrons. The molecule has 27 heavy (non-hydrogen) atoms. The van der Waals surface area contributed by atoms with E-state index in [-0.39, 0.29) is 6.03 Å². The second-order valence-electron chi connectivity index (χ2n) is 6.87. The molecule has 0 spiro atoms. The molecule has 1 aromatic heterocycles. The van der Waals surface area contributed by atoms with Crippen LogP contribution >= 0.6 is 0 Å². The number of aromatic nitrogens is 1. The minimum Gasteiger partial charge on any atom is -0.497 e. The van der Waals surface area contributed by atoms with Crippen LogP contribution in [0, 0.1) is 0 Å². The van der Waals surface area contributed by atoms with Gasteiger partial charge in [0.25, 0.3) is 0 Å². The van der Waals surface area contributed by atoms with Gasteiger partial charge in [0, 0.05) is 31.7 Å². The second kappa shape index (κ2) is 7.84. The number of pyridine rings is 1. The quantitative estimate of drug-likeness (QED) is 0.898. The number of hydrogen-bond donors (Lipinski definition) is 1. The van der Waals surface area contributed by atoms with Gasteiger partial charge in [0.05, 0.1) is 19.0 Å². The number of rotatable bonds is 4. The first-order chi connectivity index (χ1) is 13.2. The smallest absolute Gasteiger partial charge is 0.321 e. The number of anilines is 1. The van der Waals surface area contributed by atoms with Gasteiger partial charge >= 0.3 is 6.03 Å². The topological polar surface area (TPSA) is 66.9 Å². The van der Waals surface area contributed by atoms with Gasteiger partial charge in [-0.25, -0.2) is 9.78 Å². The Morgan fingerprint density at radius 3 is 2.67 bits per heavy atom. The van der Waals surface area contributed by atoms with Crippen molar-refractivity contribution < 1.29 is 14.3 Å². The first kappa shape index (κ1) is 17.6. The van der Waals surface area contributed by atoms with Crippen molar-refractivity contribution in [3.05, 3.63) is 42.6 Å². The molecule has 7 heteroatoms. The van der Waals surface area contributed by atoms with E-state index in [1.54, 1.807) is 25.4 Å². The summed E-state index contributed by atoms with van der Waals surface area (Å²) in [6.45, 7) is 3.71. The molecular weight excluding hydrogens is 344 g/mol. The second-order valence-corrected chi connectivity index (χ2v) is 6.87. The molecule has 2 fully saturated rings. The van der Waals surface area contributed by atoms with Gasteiger partial charge in [-0.05, 0) is 49.7 Å². The van der Waals surface area contributed by atoms with Crippen molar-refractivity contribution in [3.8, 4) is 17.4 Å². The predicted molar refractivity (Wildman–Crippen MR) is 102 cm³/mol. The summed E-state index contributed by atoms with van der Waals surface area (Å²) in [4.78, 5) is 21.2. The van der Waals surface area contributed by atoms with Crippen LogP contribution in [-0.2, 0) is 0 Å². The van der Waals surface area contributed by atoms with E-state index in [0.717, 1.165) is 25.4 Å². The fourth-order valence-electron chi connectivity index (χ4n) is 3.66. The summed E-state index contributed by atoms with van der Waals surface area (Å²) < 4.78 is 10.8. The van der Waals surface area contributed by atoms with Crippen LogP contribution in [0.15, 0.2) is 42.6 Å². The Morgan fingerprint density at radius 2 is 1.93 bits per heavy atom. The third-order valence-electron chi connectivity index (χ3n) is 5.14. The van der Waals surface area contributed by atoms with Crippen LogP contribution in [0.5, 0.6) is 17.4 Å². The highest BCUT2D eigenvalue weighted by atomic mass is 16.5. The average molecular weight is 368 g/mol. The van der Waals surface area contributed by atoms with E-state index in [4.69, 9.17) is 9.47 Å². The number of ether oxygens (including phenoxy) is 2. The molecule has 1 unspecified atom stereocenters. The highest BCUT2D eigenvalue weighted by Crippen LogP contribution is 2.24. The van der Waals surface area contributed by atoms with Gasteiger partial charge in [0.2, 0.25) is 5.88 Å². The molecule has 1 aromatic carbocycles. The van der Waals surface area contributed by atoms with Crippen LogP contribution in [0.1, 0.15) is 12.8 Å². The van der Waals surface area contributed by atoms with Crippen molar-refractivity contribution in [2.75, 3.05) is 38.6 Å². The van der Waals surface area contributed by atoms with Crippen molar-refractivity contribution in [1.29, 1.82) is 0 Å². The van der Waals surface area contributed by atoms with Crippen molar-refractivity contribution in [2.45, 2.75) is 18.9 Å². The fraction of sp³-hybridized carbons (Fsp3) is 0.400. The van der Waals surface area contributed by atoms with Crippen molar-refractivity contribution in [2.24, 2.45) is 0 Å². The van der Waals surface area contributed by atoms with Crippen LogP contribution in [0.4, 0.5) is 10.5 Å². The molecule has 0 radical (unpaired) electrons. The first-order valence-corrected chi connectivity index (χ1v) is 9.29. The zero-order valence-corrected chi connectivity index (χ0v) is 15.4. The van der Waals surface area contributed by atoms with Gasteiger partial charge in [0.15, 0.2) is 0 Å². The monoisotopic (exact) mass is 368 g/mol. The lowest BCUT2D eigenvalue weighted by Gasteiger charge is -2.37. The normalized spacial score (nSPS) is 19.4. The molecule has 2 aromatic rings. The maximum Gasteiger partial charge on any atom is 0.321 e. The van der Waals surface area contributed by atoms with Crippen LogP contribution in [-0.4, -0.2) is 60.1 Å². The van der Waals surface area contributed by atoms with Crippen molar-refractivity contribution in [1.82, 2.24) is 14.8 Å². The van der Waals surface area contributed by atoms with E-state index in [0.29, 0.717) is 23.4 Å². The number of carbonyl (C=O) groups excluding carboxylic acids is 1. The van der Waals surface area contributed by atoms with E-state index in [9.17, 15) is 4.79 Å². The Labute approximate surface area is 158 Å². The molecule has 2 amide bonds. The fourth-order valence-corrected chi connectivity index (χ4v) is 3.66. The molecule has 1 N–H and O–H groups in total. The summed E-state index contributed by atoms with van der Waals surface area (Å²) in [5.74, 6) is 1.92. The van der Waals surface area contributed by atoms with Gasteiger partial charge in [-0.1, -0.05) is 0 Å². The van der Waals surface area contributed by atoms with E-state index in [1.807, 2.05) is 29.2 Å².